The Morgan fingerprint density at radius 1 is 1.50 bits per heavy atom. The highest BCUT2D eigenvalue weighted by molar-refractivity contribution is 14.1. The van der Waals surface area contributed by atoms with Crippen LogP contribution < -0.4 is 0 Å². The van der Waals surface area contributed by atoms with E-state index in [1.807, 2.05) is 0 Å². The minimum Gasteiger partial charge on any atom is -0.465 e. The highest BCUT2D eigenvalue weighted by atomic mass is 127. The minimum absolute atomic E-state index is 0.101. The van der Waals surface area contributed by atoms with Crippen molar-refractivity contribution in [2.75, 3.05) is 11.0 Å². The van der Waals surface area contributed by atoms with Gasteiger partial charge in [0.25, 0.3) is 0 Å². The monoisotopic (exact) mass is 256 g/mol. The van der Waals surface area contributed by atoms with Gasteiger partial charge in [-0.3, -0.25) is 9.59 Å². The molecule has 0 fully saturated rings. The summed E-state index contributed by atoms with van der Waals surface area (Å²) in [4.78, 5) is 20.9. The summed E-state index contributed by atoms with van der Waals surface area (Å²) in [7, 11) is 0. The van der Waals surface area contributed by atoms with Crippen molar-refractivity contribution >= 4 is 34.3 Å². The fourth-order valence-corrected chi connectivity index (χ4v) is 0.627. The summed E-state index contributed by atoms with van der Waals surface area (Å²) >= 11 is 2.09. The van der Waals surface area contributed by atoms with Crippen molar-refractivity contribution in [3.8, 4) is 0 Å². The molecular formula is C6H9IO3. The van der Waals surface area contributed by atoms with Gasteiger partial charge in [-0.05, 0) is 6.92 Å². The molecule has 0 atom stereocenters. The van der Waals surface area contributed by atoms with E-state index < -0.39 is 5.97 Å². The number of hydrogen-bond acceptors (Lipinski definition) is 3. The first-order chi connectivity index (χ1) is 4.66. The quantitative estimate of drug-likeness (QED) is 0.325. The maximum absolute atomic E-state index is 10.6. The number of ether oxygens (including phenoxy) is 1. The number of halogens is 1. The number of alkyl halides is 1. The maximum atomic E-state index is 10.6. The predicted molar refractivity (Wildman–Crippen MR) is 45.1 cm³/mol. The highest BCUT2D eigenvalue weighted by Gasteiger charge is 2.04. The van der Waals surface area contributed by atoms with E-state index >= 15 is 0 Å². The molecule has 0 aromatic heterocycles. The normalized spacial score (nSPS) is 9.00. The molecule has 0 spiro atoms. The smallest absolute Gasteiger partial charge is 0.313 e. The van der Waals surface area contributed by atoms with E-state index in [2.05, 4.69) is 27.3 Å². The molecule has 0 unspecified atom stereocenters. The van der Waals surface area contributed by atoms with Gasteiger partial charge in [0.15, 0.2) is 0 Å². The summed E-state index contributed by atoms with van der Waals surface area (Å²) in [6, 6.07) is 0. The molecule has 0 aliphatic carbocycles. The minimum atomic E-state index is -0.427. The lowest BCUT2D eigenvalue weighted by Crippen LogP contribution is -2.09. The van der Waals surface area contributed by atoms with Gasteiger partial charge in [-0.2, -0.15) is 0 Å². The van der Waals surface area contributed by atoms with Gasteiger partial charge < -0.3 is 4.74 Å². The van der Waals surface area contributed by atoms with Crippen LogP contribution in [0.5, 0.6) is 0 Å². The van der Waals surface area contributed by atoms with Gasteiger partial charge in [-0.15, -0.1) is 0 Å². The Hall–Kier alpha value is -0.130. The third-order valence-corrected chi connectivity index (χ3v) is 1.17. The average Bonchev–Trinajstić information content (AvgIpc) is 1.82. The van der Waals surface area contributed by atoms with Gasteiger partial charge in [0.1, 0.15) is 18.8 Å². The SMILES string of the molecule is CC(=O)CC(=O)OCCI. The summed E-state index contributed by atoms with van der Waals surface area (Å²) in [6.07, 6.45) is -0.101. The van der Waals surface area contributed by atoms with E-state index in [1.165, 1.54) is 6.92 Å². The van der Waals surface area contributed by atoms with Gasteiger partial charge >= 0.3 is 5.97 Å². The lowest BCUT2D eigenvalue weighted by molar-refractivity contribution is -0.145. The Kier molecular flexibility index (Phi) is 5.57. The predicted octanol–water partition coefficient (Wildman–Crippen LogP) is 0.944. The van der Waals surface area contributed by atoms with Crippen LogP contribution in [0, 0.1) is 0 Å². The third-order valence-electron chi connectivity index (χ3n) is 0.733. The second-order valence-corrected chi connectivity index (χ2v) is 2.87. The van der Waals surface area contributed by atoms with Crippen LogP contribution in [0.15, 0.2) is 0 Å². The first kappa shape index (κ1) is 9.87. The zero-order valence-electron chi connectivity index (χ0n) is 5.72. The van der Waals surface area contributed by atoms with Crippen molar-refractivity contribution in [3.05, 3.63) is 0 Å². The summed E-state index contributed by atoms with van der Waals surface area (Å²) in [5.74, 6) is -0.581. The molecule has 0 N–H and O–H groups in total. The molecule has 0 radical (unpaired) electrons. The van der Waals surface area contributed by atoms with E-state index in [1.54, 1.807) is 0 Å². The molecule has 0 aliphatic heterocycles. The van der Waals surface area contributed by atoms with Crippen molar-refractivity contribution in [1.29, 1.82) is 0 Å². The van der Waals surface area contributed by atoms with Crippen molar-refractivity contribution in [2.24, 2.45) is 0 Å². The topological polar surface area (TPSA) is 43.4 Å². The van der Waals surface area contributed by atoms with Gasteiger partial charge in [0.2, 0.25) is 0 Å². The Balaban J connectivity index is 3.35. The van der Waals surface area contributed by atoms with Crippen LogP contribution in [0.3, 0.4) is 0 Å². The number of rotatable bonds is 4. The summed E-state index contributed by atoms with van der Waals surface area (Å²) in [5, 5.41) is 0. The molecule has 0 aliphatic rings. The summed E-state index contributed by atoms with van der Waals surface area (Å²) in [6.45, 7) is 1.76. The zero-order valence-corrected chi connectivity index (χ0v) is 7.88. The molecule has 0 heterocycles. The molecule has 0 bridgehead atoms. The van der Waals surface area contributed by atoms with Crippen LogP contribution in [0.1, 0.15) is 13.3 Å². The Morgan fingerprint density at radius 2 is 2.10 bits per heavy atom. The van der Waals surface area contributed by atoms with Gasteiger partial charge in [0.05, 0.1) is 0 Å². The van der Waals surface area contributed by atoms with E-state index in [9.17, 15) is 9.59 Å². The number of Topliss-reactive ketones (excluding diaryl/α,β-unsaturated/α-hetero) is 1. The lowest BCUT2D eigenvalue weighted by Gasteiger charge is -1.98. The summed E-state index contributed by atoms with van der Waals surface area (Å²) in [5.41, 5.74) is 0. The van der Waals surface area contributed by atoms with E-state index in [-0.39, 0.29) is 12.2 Å². The molecule has 0 saturated heterocycles. The second kappa shape index (κ2) is 5.64. The Labute approximate surface area is 73.3 Å². The largest absolute Gasteiger partial charge is 0.465 e. The first-order valence-corrected chi connectivity index (χ1v) is 4.40. The molecule has 0 aromatic carbocycles. The maximum Gasteiger partial charge on any atom is 0.313 e. The van der Waals surface area contributed by atoms with Crippen LogP contribution in [-0.4, -0.2) is 22.8 Å². The number of carbonyl (C=O) groups is 2. The molecule has 0 saturated carbocycles. The standard InChI is InChI=1S/C6H9IO3/c1-5(8)4-6(9)10-3-2-7/h2-4H2,1H3. The number of esters is 1. The fraction of sp³-hybridized carbons (Fsp3) is 0.667. The molecular weight excluding hydrogens is 247 g/mol. The lowest BCUT2D eigenvalue weighted by atomic mass is 10.3. The number of ketones is 1. The van der Waals surface area contributed by atoms with E-state index in [4.69, 9.17) is 0 Å². The van der Waals surface area contributed by atoms with Crippen LogP contribution in [0.25, 0.3) is 0 Å². The van der Waals surface area contributed by atoms with Crippen molar-refractivity contribution in [1.82, 2.24) is 0 Å². The van der Waals surface area contributed by atoms with Gasteiger partial charge in [0, 0.05) is 4.43 Å². The Bertz CT molecular complexity index is 133. The van der Waals surface area contributed by atoms with E-state index in [0.717, 1.165) is 4.43 Å². The molecule has 0 aromatic rings. The number of carbonyl (C=O) groups excluding carboxylic acids is 2. The van der Waals surface area contributed by atoms with Crippen molar-refractivity contribution < 1.29 is 14.3 Å². The molecule has 0 rings (SSSR count). The van der Waals surface area contributed by atoms with Gasteiger partial charge in [-0.1, -0.05) is 22.6 Å². The van der Waals surface area contributed by atoms with Gasteiger partial charge in [-0.25, -0.2) is 0 Å². The summed E-state index contributed by atoms with van der Waals surface area (Å²) < 4.78 is 5.40. The molecule has 0 amide bonds. The molecule has 3 nitrogen and oxygen atoms in total. The average molecular weight is 256 g/mol. The molecule has 10 heavy (non-hydrogen) atoms. The zero-order chi connectivity index (χ0) is 7.98. The first-order valence-electron chi connectivity index (χ1n) is 2.88. The molecule has 4 heteroatoms. The van der Waals surface area contributed by atoms with Crippen LogP contribution in [0.4, 0.5) is 0 Å². The van der Waals surface area contributed by atoms with Crippen molar-refractivity contribution in [2.45, 2.75) is 13.3 Å². The van der Waals surface area contributed by atoms with Crippen molar-refractivity contribution in [3.63, 3.8) is 0 Å². The fourth-order valence-electron chi connectivity index (χ4n) is 0.407. The Morgan fingerprint density at radius 3 is 2.50 bits per heavy atom. The second-order valence-electron chi connectivity index (χ2n) is 1.79. The molecule has 58 valence electrons. The van der Waals surface area contributed by atoms with Crippen LogP contribution in [0.2, 0.25) is 0 Å². The highest BCUT2D eigenvalue weighted by Crippen LogP contribution is 1.89. The van der Waals surface area contributed by atoms with Crippen LogP contribution in [-0.2, 0) is 14.3 Å². The van der Waals surface area contributed by atoms with E-state index in [0.29, 0.717) is 6.61 Å². The van der Waals surface area contributed by atoms with Crippen LogP contribution >= 0.6 is 22.6 Å². The third kappa shape index (κ3) is 6.00. The number of hydrogen-bond donors (Lipinski definition) is 0.